The van der Waals surface area contributed by atoms with E-state index in [1.807, 2.05) is 0 Å². The van der Waals surface area contributed by atoms with Gasteiger partial charge in [-0.05, 0) is 12.8 Å². The molecular formula is C16H34N2O. The fraction of sp³-hybridized carbons (Fsp3) is 0.938. The summed E-state index contributed by atoms with van der Waals surface area (Å²) in [7, 11) is 0. The predicted octanol–water partition coefficient (Wildman–Crippen LogP) is 4.74. The molecule has 3 nitrogen and oxygen atoms in total. The lowest BCUT2D eigenvalue weighted by atomic mass is 10.0. The first-order valence-electron chi connectivity index (χ1n) is 8.26. The van der Waals surface area contributed by atoms with Crippen LogP contribution in [0.5, 0.6) is 0 Å². The molecule has 0 radical (unpaired) electrons. The van der Waals surface area contributed by atoms with Crippen LogP contribution in [0.3, 0.4) is 0 Å². The van der Waals surface area contributed by atoms with E-state index in [2.05, 4.69) is 19.2 Å². The van der Waals surface area contributed by atoms with Crippen molar-refractivity contribution in [3.8, 4) is 0 Å². The molecule has 0 heterocycles. The Kier molecular flexibility index (Phi) is 13.2. The number of carbonyl (C=O) groups is 1. The fourth-order valence-electron chi connectivity index (χ4n) is 2.48. The normalized spacial score (nSPS) is 10.9. The van der Waals surface area contributed by atoms with Crippen molar-refractivity contribution in [3.63, 3.8) is 0 Å². The number of hydrogen-bond acceptors (Lipinski definition) is 1. The van der Waals surface area contributed by atoms with E-state index in [9.17, 15) is 4.79 Å². The van der Waals surface area contributed by atoms with Crippen molar-refractivity contribution in [1.29, 1.82) is 0 Å². The molecule has 3 N–H and O–H groups in total. The van der Waals surface area contributed by atoms with E-state index in [1.54, 1.807) is 0 Å². The summed E-state index contributed by atoms with van der Waals surface area (Å²) < 4.78 is 0. The molecule has 0 unspecified atom stereocenters. The Morgan fingerprint density at radius 1 is 0.842 bits per heavy atom. The van der Waals surface area contributed by atoms with Crippen molar-refractivity contribution in [2.75, 3.05) is 0 Å². The predicted molar refractivity (Wildman–Crippen MR) is 83.3 cm³/mol. The summed E-state index contributed by atoms with van der Waals surface area (Å²) in [6.45, 7) is 4.46. The second-order valence-corrected chi connectivity index (χ2v) is 5.61. The fourth-order valence-corrected chi connectivity index (χ4v) is 2.48. The molecule has 2 amide bonds. The average molecular weight is 270 g/mol. The van der Waals surface area contributed by atoms with E-state index < -0.39 is 0 Å². The number of hydrogen-bond donors (Lipinski definition) is 2. The SMILES string of the molecule is CCCCCCCC(CCCCCCC)NC(N)=O. The molecule has 0 aromatic rings. The molecule has 0 bridgehead atoms. The van der Waals surface area contributed by atoms with Crippen LogP contribution in [0, 0.1) is 0 Å². The third-order valence-corrected chi connectivity index (χ3v) is 3.66. The maximum Gasteiger partial charge on any atom is 0.312 e. The van der Waals surface area contributed by atoms with Crippen LogP contribution in [0.4, 0.5) is 4.79 Å². The summed E-state index contributed by atoms with van der Waals surface area (Å²) in [5.41, 5.74) is 5.25. The summed E-state index contributed by atoms with van der Waals surface area (Å²) in [6.07, 6.45) is 15.0. The Morgan fingerprint density at radius 2 is 1.26 bits per heavy atom. The van der Waals surface area contributed by atoms with Crippen LogP contribution in [-0.2, 0) is 0 Å². The molecule has 0 spiro atoms. The molecule has 19 heavy (non-hydrogen) atoms. The van der Waals surface area contributed by atoms with E-state index in [0.717, 1.165) is 12.8 Å². The molecule has 0 rings (SSSR count). The van der Waals surface area contributed by atoms with Gasteiger partial charge in [-0.15, -0.1) is 0 Å². The molecule has 0 atom stereocenters. The minimum Gasteiger partial charge on any atom is -0.352 e. The standard InChI is InChI=1S/C16H34N2O/c1-3-5-7-9-11-13-15(18-16(17)19)14-12-10-8-6-4-2/h15H,3-14H2,1-2H3,(H3,17,18,19). The van der Waals surface area contributed by atoms with Crippen LogP contribution in [0.2, 0.25) is 0 Å². The third-order valence-electron chi connectivity index (χ3n) is 3.66. The molecule has 0 aromatic carbocycles. The van der Waals surface area contributed by atoms with Crippen molar-refractivity contribution in [3.05, 3.63) is 0 Å². The lowest BCUT2D eigenvalue weighted by Gasteiger charge is -2.17. The Bertz CT molecular complexity index is 193. The van der Waals surface area contributed by atoms with Gasteiger partial charge in [0.2, 0.25) is 0 Å². The Hall–Kier alpha value is -0.730. The van der Waals surface area contributed by atoms with Gasteiger partial charge in [-0.3, -0.25) is 0 Å². The number of carbonyl (C=O) groups excluding carboxylic acids is 1. The monoisotopic (exact) mass is 270 g/mol. The van der Waals surface area contributed by atoms with Gasteiger partial charge in [0.1, 0.15) is 0 Å². The minimum atomic E-state index is -0.368. The highest BCUT2D eigenvalue weighted by Gasteiger charge is 2.09. The molecule has 0 aromatic heterocycles. The molecule has 0 fully saturated rings. The van der Waals surface area contributed by atoms with E-state index in [0.29, 0.717) is 6.04 Å². The molecule has 0 aliphatic heterocycles. The lowest BCUT2D eigenvalue weighted by Crippen LogP contribution is -2.38. The number of rotatable bonds is 13. The van der Waals surface area contributed by atoms with Crippen LogP contribution in [0.25, 0.3) is 0 Å². The second-order valence-electron chi connectivity index (χ2n) is 5.61. The van der Waals surface area contributed by atoms with Crippen molar-refractivity contribution < 1.29 is 4.79 Å². The lowest BCUT2D eigenvalue weighted by molar-refractivity contribution is 0.243. The van der Waals surface area contributed by atoms with E-state index in [4.69, 9.17) is 5.73 Å². The van der Waals surface area contributed by atoms with Crippen LogP contribution >= 0.6 is 0 Å². The van der Waals surface area contributed by atoms with Gasteiger partial charge in [-0.2, -0.15) is 0 Å². The van der Waals surface area contributed by atoms with Crippen molar-refractivity contribution >= 4 is 6.03 Å². The second kappa shape index (κ2) is 13.7. The van der Waals surface area contributed by atoms with Gasteiger partial charge in [0.15, 0.2) is 0 Å². The third kappa shape index (κ3) is 13.5. The zero-order chi connectivity index (χ0) is 14.3. The first kappa shape index (κ1) is 18.3. The summed E-state index contributed by atoms with van der Waals surface area (Å²) >= 11 is 0. The van der Waals surface area contributed by atoms with Crippen LogP contribution < -0.4 is 11.1 Å². The highest BCUT2D eigenvalue weighted by molar-refractivity contribution is 5.71. The smallest absolute Gasteiger partial charge is 0.312 e. The molecular weight excluding hydrogens is 236 g/mol. The zero-order valence-corrected chi connectivity index (χ0v) is 13.0. The largest absolute Gasteiger partial charge is 0.352 e. The summed E-state index contributed by atoms with van der Waals surface area (Å²) in [6, 6.07) is -0.0760. The number of urea groups is 1. The van der Waals surface area contributed by atoms with Crippen LogP contribution in [0.1, 0.15) is 90.9 Å². The van der Waals surface area contributed by atoms with Gasteiger partial charge in [-0.25, -0.2) is 4.79 Å². The van der Waals surface area contributed by atoms with Crippen LogP contribution in [-0.4, -0.2) is 12.1 Å². The van der Waals surface area contributed by atoms with Gasteiger partial charge < -0.3 is 11.1 Å². The van der Waals surface area contributed by atoms with E-state index in [1.165, 1.54) is 64.2 Å². The summed E-state index contributed by atoms with van der Waals surface area (Å²) in [4.78, 5) is 11.0. The van der Waals surface area contributed by atoms with Gasteiger partial charge in [0.25, 0.3) is 0 Å². The first-order valence-corrected chi connectivity index (χ1v) is 8.26. The molecule has 114 valence electrons. The maximum absolute atomic E-state index is 11.0. The number of unbranched alkanes of at least 4 members (excludes halogenated alkanes) is 8. The van der Waals surface area contributed by atoms with Gasteiger partial charge in [0, 0.05) is 6.04 Å². The molecule has 0 saturated carbocycles. The van der Waals surface area contributed by atoms with Gasteiger partial charge >= 0.3 is 6.03 Å². The van der Waals surface area contributed by atoms with Crippen molar-refractivity contribution in [2.45, 2.75) is 96.9 Å². The molecule has 0 aliphatic rings. The van der Waals surface area contributed by atoms with E-state index >= 15 is 0 Å². The summed E-state index contributed by atoms with van der Waals surface area (Å²) in [5, 5.41) is 2.90. The average Bonchev–Trinajstić information content (AvgIpc) is 2.37. The minimum absolute atomic E-state index is 0.292. The van der Waals surface area contributed by atoms with Gasteiger partial charge in [0.05, 0.1) is 0 Å². The number of amides is 2. The summed E-state index contributed by atoms with van der Waals surface area (Å²) in [5.74, 6) is 0. The topological polar surface area (TPSA) is 55.1 Å². The Balaban J connectivity index is 3.66. The highest BCUT2D eigenvalue weighted by atomic mass is 16.2. The van der Waals surface area contributed by atoms with E-state index in [-0.39, 0.29) is 6.03 Å². The number of nitrogens with one attached hydrogen (secondary N) is 1. The van der Waals surface area contributed by atoms with Crippen molar-refractivity contribution in [2.24, 2.45) is 5.73 Å². The van der Waals surface area contributed by atoms with Crippen LogP contribution in [0.15, 0.2) is 0 Å². The molecule has 0 saturated heterocycles. The van der Waals surface area contributed by atoms with Crippen molar-refractivity contribution in [1.82, 2.24) is 5.32 Å². The highest BCUT2D eigenvalue weighted by Crippen LogP contribution is 2.13. The number of nitrogens with two attached hydrogens (primary N) is 1. The molecule has 3 heteroatoms. The Labute approximate surface area is 119 Å². The first-order chi connectivity index (χ1) is 9.20. The Morgan fingerprint density at radius 3 is 1.63 bits per heavy atom. The zero-order valence-electron chi connectivity index (χ0n) is 13.0. The van der Waals surface area contributed by atoms with Gasteiger partial charge in [-0.1, -0.05) is 78.1 Å². The quantitative estimate of drug-likeness (QED) is 0.466. The number of primary amides is 1. The molecule has 0 aliphatic carbocycles. The maximum atomic E-state index is 11.0.